The standard InChI is InChI=1S/C14H28N2O/c1-4-15-13-7-5-6-12(13)10-16-8-9-17-14(2,3)11-16/h12-13,15H,4-11H2,1-3H3. The van der Waals surface area contributed by atoms with Crippen LogP contribution < -0.4 is 5.32 Å². The highest BCUT2D eigenvalue weighted by Gasteiger charge is 2.32. The van der Waals surface area contributed by atoms with Gasteiger partial charge in [-0.25, -0.2) is 0 Å². The maximum atomic E-state index is 5.78. The maximum Gasteiger partial charge on any atom is 0.0753 e. The van der Waals surface area contributed by atoms with E-state index in [2.05, 4.69) is 31.0 Å². The van der Waals surface area contributed by atoms with E-state index in [0.29, 0.717) is 0 Å². The molecule has 3 nitrogen and oxygen atoms in total. The molecular weight excluding hydrogens is 212 g/mol. The van der Waals surface area contributed by atoms with Gasteiger partial charge in [-0.05, 0) is 39.2 Å². The molecule has 0 aromatic carbocycles. The highest BCUT2D eigenvalue weighted by molar-refractivity contribution is 4.87. The zero-order valence-corrected chi connectivity index (χ0v) is 11.7. The molecule has 0 bridgehead atoms. The molecule has 0 amide bonds. The second kappa shape index (κ2) is 5.68. The third kappa shape index (κ3) is 3.67. The van der Waals surface area contributed by atoms with Gasteiger partial charge >= 0.3 is 0 Å². The zero-order chi connectivity index (χ0) is 12.3. The third-order valence-electron chi connectivity index (χ3n) is 4.12. The van der Waals surface area contributed by atoms with Gasteiger partial charge in [0.15, 0.2) is 0 Å². The molecule has 3 heteroatoms. The lowest BCUT2D eigenvalue weighted by Gasteiger charge is -2.40. The lowest BCUT2D eigenvalue weighted by atomic mass is 10.0. The molecule has 2 unspecified atom stereocenters. The van der Waals surface area contributed by atoms with Crippen LogP contribution in [-0.4, -0.2) is 49.3 Å². The number of hydrogen-bond acceptors (Lipinski definition) is 3. The topological polar surface area (TPSA) is 24.5 Å². The van der Waals surface area contributed by atoms with Crippen LogP contribution in [-0.2, 0) is 4.74 Å². The summed E-state index contributed by atoms with van der Waals surface area (Å²) in [7, 11) is 0. The normalized spacial score (nSPS) is 34.1. The molecule has 1 saturated carbocycles. The first kappa shape index (κ1) is 13.3. The summed E-state index contributed by atoms with van der Waals surface area (Å²) in [6.45, 7) is 12.1. The van der Waals surface area contributed by atoms with Gasteiger partial charge in [0.2, 0.25) is 0 Å². The molecule has 2 aliphatic rings. The summed E-state index contributed by atoms with van der Waals surface area (Å²) in [5.74, 6) is 0.851. The smallest absolute Gasteiger partial charge is 0.0753 e. The number of nitrogens with zero attached hydrogens (tertiary/aromatic N) is 1. The number of ether oxygens (including phenoxy) is 1. The fourth-order valence-corrected chi connectivity index (χ4v) is 3.39. The van der Waals surface area contributed by atoms with E-state index in [1.165, 1.54) is 25.8 Å². The Kier molecular flexibility index (Phi) is 4.45. The van der Waals surface area contributed by atoms with Gasteiger partial charge in [-0.15, -0.1) is 0 Å². The van der Waals surface area contributed by atoms with E-state index in [1.807, 2.05) is 0 Å². The zero-order valence-electron chi connectivity index (χ0n) is 11.7. The molecule has 1 aliphatic heterocycles. The van der Waals surface area contributed by atoms with Gasteiger partial charge in [-0.1, -0.05) is 13.3 Å². The quantitative estimate of drug-likeness (QED) is 0.812. The van der Waals surface area contributed by atoms with Crippen molar-refractivity contribution in [3.63, 3.8) is 0 Å². The summed E-state index contributed by atoms with van der Waals surface area (Å²) in [5, 5.41) is 3.65. The highest BCUT2D eigenvalue weighted by atomic mass is 16.5. The van der Waals surface area contributed by atoms with E-state index in [1.54, 1.807) is 0 Å². The maximum absolute atomic E-state index is 5.78. The first-order valence-electron chi connectivity index (χ1n) is 7.20. The molecular formula is C14H28N2O. The van der Waals surface area contributed by atoms with E-state index in [9.17, 15) is 0 Å². The van der Waals surface area contributed by atoms with Crippen molar-refractivity contribution in [1.29, 1.82) is 0 Å². The molecule has 0 radical (unpaired) electrons. The van der Waals surface area contributed by atoms with Crippen LogP contribution in [0.5, 0.6) is 0 Å². The fraction of sp³-hybridized carbons (Fsp3) is 1.00. The van der Waals surface area contributed by atoms with Gasteiger partial charge in [0, 0.05) is 25.7 Å². The summed E-state index contributed by atoms with van der Waals surface area (Å²) < 4.78 is 5.78. The van der Waals surface area contributed by atoms with Crippen LogP contribution in [0.15, 0.2) is 0 Å². The number of morpholine rings is 1. The van der Waals surface area contributed by atoms with Crippen LogP contribution in [0.3, 0.4) is 0 Å². The van der Waals surface area contributed by atoms with Crippen molar-refractivity contribution in [2.75, 3.05) is 32.8 Å². The minimum absolute atomic E-state index is 0.0462. The van der Waals surface area contributed by atoms with Gasteiger partial charge in [-0.2, -0.15) is 0 Å². The average Bonchev–Trinajstić information content (AvgIpc) is 2.65. The summed E-state index contributed by atoms with van der Waals surface area (Å²) in [4.78, 5) is 2.60. The van der Waals surface area contributed by atoms with Crippen molar-refractivity contribution in [3.8, 4) is 0 Å². The molecule has 0 aromatic heterocycles. The summed E-state index contributed by atoms with van der Waals surface area (Å²) in [6.07, 6.45) is 4.16. The number of nitrogens with one attached hydrogen (secondary N) is 1. The Bertz CT molecular complexity index is 242. The van der Waals surface area contributed by atoms with Gasteiger partial charge in [0.1, 0.15) is 0 Å². The predicted octanol–water partition coefficient (Wildman–Crippen LogP) is 1.88. The number of hydrogen-bond donors (Lipinski definition) is 1. The molecule has 1 aliphatic carbocycles. The van der Waals surface area contributed by atoms with Crippen molar-refractivity contribution in [2.24, 2.45) is 5.92 Å². The molecule has 2 rings (SSSR count). The fourth-order valence-electron chi connectivity index (χ4n) is 3.39. The Morgan fingerprint density at radius 3 is 2.88 bits per heavy atom. The van der Waals surface area contributed by atoms with Gasteiger partial charge in [-0.3, -0.25) is 4.90 Å². The largest absolute Gasteiger partial charge is 0.373 e. The molecule has 100 valence electrons. The second-order valence-corrected chi connectivity index (χ2v) is 6.20. The Labute approximate surface area is 106 Å². The molecule has 17 heavy (non-hydrogen) atoms. The van der Waals surface area contributed by atoms with Gasteiger partial charge < -0.3 is 10.1 Å². The number of rotatable bonds is 4. The summed E-state index contributed by atoms with van der Waals surface area (Å²) in [6, 6.07) is 0.756. The van der Waals surface area contributed by atoms with Gasteiger partial charge in [0.05, 0.1) is 12.2 Å². The Balaban J connectivity index is 1.83. The first-order valence-corrected chi connectivity index (χ1v) is 7.20. The molecule has 0 spiro atoms. The first-order chi connectivity index (χ1) is 8.11. The van der Waals surface area contributed by atoms with Crippen LogP contribution in [0.2, 0.25) is 0 Å². The van der Waals surface area contributed by atoms with Crippen LogP contribution in [0.1, 0.15) is 40.0 Å². The minimum Gasteiger partial charge on any atom is -0.373 e. The Hall–Kier alpha value is -0.120. The van der Waals surface area contributed by atoms with E-state index in [-0.39, 0.29) is 5.60 Å². The highest BCUT2D eigenvalue weighted by Crippen LogP contribution is 2.28. The SMILES string of the molecule is CCNC1CCCC1CN1CCOC(C)(C)C1. The van der Waals surface area contributed by atoms with Crippen molar-refractivity contribution in [1.82, 2.24) is 10.2 Å². The predicted molar refractivity (Wildman–Crippen MR) is 71.3 cm³/mol. The van der Waals surface area contributed by atoms with Crippen LogP contribution in [0, 0.1) is 5.92 Å². The summed E-state index contributed by atoms with van der Waals surface area (Å²) in [5.41, 5.74) is 0.0462. The van der Waals surface area contributed by atoms with E-state index >= 15 is 0 Å². The summed E-state index contributed by atoms with van der Waals surface area (Å²) >= 11 is 0. The lowest BCUT2D eigenvalue weighted by molar-refractivity contribution is -0.0893. The molecule has 2 fully saturated rings. The average molecular weight is 240 g/mol. The minimum atomic E-state index is 0.0462. The van der Waals surface area contributed by atoms with Crippen molar-refractivity contribution < 1.29 is 4.74 Å². The van der Waals surface area contributed by atoms with Gasteiger partial charge in [0.25, 0.3) is 0 Å². The molecule has 1 saturated heterocycles. The van der Waals surface area contributed by atoms with Crippen molar-refractivity contribution in [3.05, 3.63) is 0 Å². The molecule has 1 heterocycles. The molecule has 2 atom stereocenters. The monoisotopic (exact) mass is 240 g/mol. The van der Waals surface area contributed by atoms with E-state index in [0.717, 1.165) is 38.2 Å². The van der Waals surface area contributed by atoms with E-state index < -0.39 is 0 Å². The van der Waals surface area contributed by atoms with E-state index in [4.69, 9.17) is 4.74 Å². The second-order valence-electron chi connectivity index (χ2n) is 6.20. The molecule has 0 aromatic rings. The van der Waals surface area contributed by atoms with Crippen molar-refractivity contribution >= 4 is 0 Å². The Morgan fingerprint density at radius 1 is 1.35 bits per heavy atom. The van der Waals surface area contributed by atoms with Crippen LogP contribution >= 0.6 is 0 Å². The molecule has 1 N–H and O–H groups in total. The van der Waals surface area contributed by atoms with Crippen LogP contribution in [0.25, 0.3) is 0 Å². The lowest BCUT2D eigenvalue weighted by Crippen LogP contribution is -2.51. The van der Waals surface area contributed by atoms with Crippen molar-refractivity contribution in [2.45, 2.75) is 51.7 Å². The van der Waals surface area contributed by atoms with Crippen LogP contribution in [0.4, 0.5) is 0 Å². The Morgan fingerprint density at radius 2 is 2.18 bits per heavy atom. The third-order valence-corrected chi connectivity index (χ3v) is 4.12.